The molecule has 0 unspecified atom stereocenters. The van der Waals surface area contributed by atoms with E-state index in [1.54, 1.807) is 18.2 Å². The minimum atomic E-state index is -1.13. The molecule has 0 spiro atoms. The van der Waals surface area contributed by atoms with E-state index in [1.807, 2.05) is 0 Å². The van der Waals surface area contributed by atoms with Gasteiger partial charge in [-0.25, -0.2) is 4.79 Å². The van der Waals surface area contributed by atoms with E-state index < -0.39 is 5.97 Å². The molecule has 18 heavy (non-hydrogen) atoms. The lowest BCUT2D eigenvalue weighted by Crippen LogP contribution is -2.07. The fourth-order valence-corrected chi connectivity index (χ4v) is 1.71. The highest BCUT2D eigenvalue weighted by atomic mass is 79.9. The van der Waals surface area contributed by atoms with Crippen molar-refractivity contribution in [3.63, 3.8) is 0 Å². The Morgan fingerprint density at radius 1 is 1.33 bits per heavy atom. The molecule has 0 saturated heterocycles. The summed E-state index contributed by atoms with van der Waals surface area (Å²) in [7, 11) is 0. The molecule has 2 N–H and O–H groups in total. The largest absolute Gasteiger partial charge is 0.475 e. The van der Waals surface area contributed by atoms with E-state index in [9.17, 15) is 9.59 Å². The number of aromatic carboxylic acids is 1. The van der Waals surface area contributed by atoms with Gasteiger partial charge in [0.1, 0.15) is 5.58 Å². The van der Waals surface area contributed by atoms with Crippen LogP contribution in [-0.2, 0) is 4.79 Å². The van der Waals surface area contributed by atoms with Crippen LogP contribution in [0.4, 0.5) is 5.69 Å². The average Bonchev–Trinajstić information content (AvgIpc) is 2.72. The molecular formula is C12H8BrNO4. The van der Waals surface area contributed by atoms with Crippen LogP contribution >= 0.6 is 15.9 Å². The summed E-state index contributed by atoms with van der Waals surface area (Å²) in [5, 5.41) is 12.0. The van der Waals surface area contributed by atoms with Crippen molar-refractivity contribution in [2.24, 2.45) is 0 Å². The quantitative estimate of drug-likeness (QED) is 0.854. The molecule has 5 nitrogen and oxygen atoms in total. The summed E-state index contributed by atoms with van der Waals surface area (Å²) in [6.45, 7) is 0. The molecule has 0 saturated carbocycles. The number of benzene rings is 1. The molecule has 1 aromatic carbocycles. The molecule has 0 bridgehead atoms. The molecular weight excluding hydrogens is 302 g/mol. The van der Waals surface area contributed by atoms with Crippen molar-refractivity contribution in [3.05, 3.63) is 41.1 Å². The predicted molar refractivity (Wildman–Crippen MR) is 69.9 cm³/mol. The highest BCUT2D eigenvalue weighted by Crippen LogP contribution is 2.23. The van der Waals surface area contributed by atoms with Gasteiger partial charge in [-0.05, 0) is 29.3 Å². The Morgan fingerprint density at radius 2 is 2.11 bits per heavy atom. The third-order valence-corrected chi connectivity index (χ3v) is 2.47. The van der Waals surface area contributed by atoms with Gasteiger partial charge in [-0.3, -0.25) is 4.79 Å². The summed E-state index contributed by atoms with van der Waals surface area (Å²) >= 11 is 3.00. The van der Waals surface area contributed by atoms with Gasteiger partial charge in [-0.1, -0.05) is 15.9 Å². The number of fused-ring (bicyclic) bond motifs is 1. The fraction of sp³-hybridized carbons (Fsp3) is 0. The molecule has 0 fully saturated rings. The number of carbonyl (C=O) groups excluding carboxylic acids is 1. The molecule has 1 amide bonds. The van der Waals surface area contributed by atoms with E-state index in [4.69, 9.17) is 9.52 Å². The van der Waals surface area contributed by atoms with Crippen molar-refractivity contribution in [2.45, 2.75) is 0 Å². The minimum absolute atomic E-state index is 0.131. The van der Waals surface area contributed by atoms with Crippen LogP contribution in [0, 0.1) is 0 Å². The van der Waals surface area contributed by atoms with Crippen LogP contribution < -0.4 is 5.32 Å². The SMILES string of the molecule is O=C(C=CBr)Nc1ccc2oc(C(=O)O)cc2c1. The molecule has 92 valence electrons. The van der Waals surface area contributed by atoms with E-state index in [2.05, 4.69) is 21.2 Å². The Bertz CT molecular complexity index is 645. The first kappa shape index (κ1) is 12.4. The summed E-state index contributed by atoms with van der Waals surface area (Å²) in [5.41, 5.74) is 1.03. The second-order valence-corrected chi connectivity index (χ2v) is 3.98. The second kappa shape index (κ2) is 5.05. The van der Waals surface area contributed by atoms with E-state index in [0.717, 1.165) is 0 Å². The topological polar surface area (TPSA) is 79.5 Å². The van der Waals surface area contributed by atoms with E-state index in [0.29, 0.717) is 16.7 Å². The van der Waals surface area contributed by atoms with Crippen molar-refractivity contribution in [2.75, 3.05) is 5.32 Å². The summed E-state index contributed by atoms with van der Waals surface area (Å²) < 4.78 is 5.10. The van der Waals surface area contributed by atoms with E-state index in [-0.39, 0.29) is 11.7 Å². The van der Waals surface area contributed by atoms with Crippen molar-refractivity contribution >= 4 is 44.5 Å². The van der Waals surface area contributed by atoms with Crippen molar-refractivity contribution in [3.8, 4) is 0 Å². The number of nitrogens with one attached hydrogen (secondary N) is 1. The van der Waals surface area contributed by atoms with Crippen LogP contribution in [0.3, 0.4) is 0 Å². The predicted octanol–water partition coefficient (Wildman–Crippen LogP) is 2.98. The molecule has 0 aliphatic heterocycles. The maximum atomic E-state index is 11.3. The zero-order chi connectivity index (χ0) is 13.1. The van der Waals surface area contributed by atoms with Crippen molar-refractivity contribution < 1.29 is 19.1 Å². The molecule has 0 radical (unpaired) electrons. The lowest BCUT2D eigenvalue weighted by Gasteiger charge is -2.00. The Labute approximate surface area is 110 Å². The van der Waals surface area contributed by atoms with Crippen molar-refractivity contribution in [1.29, 1.82) is 0 Å². The molecule has 0 aliphatic rings. The van der Waals surface area contributed by atoms with Gasteiger partial charge in [0.05, 0.1) is 0 Å². The van der Waals surface area contributed by atoms with Gasteiger partial charge in [-0.15, -0.1) is 0 Å². The molecule has 2 rings (SSSR count). The Balaban J connectivity index is 2.32. The lowest BCUT2D eigenvalue weighted by atomic mass is 10.2. The maximum absolute atomic E-state index is 11.3. The number of rotatable bonds is 3. The highest BCUT2D eigenvalue weighted by Gasteiger charge is 2.10. The van der Waals surface area contributed by atoms with Gasteiger partial charge in [0.25, 0.3) is 0 Å². The average molecular weight is 310 g/mol. The van der Waals surface area contributed by atoms with Crippen LogP contribution in [0.1, 0.15) is 10.6 Å². The number of carbonyl (C=O) groups is 2. The number of anilines is 1. The monoisotopic (exact) mass is 309 g/mol. The van der Waals surface area contributed by atoms with Gasteiger partial charge < -0.3 is 14.8 Å². The summed E-state index contributed by atoms with van der Waals surface area (Å²) in [6.07, 6.45) is 1.32. The van der Waals surface area contributed by atoms with Gasteiger partial charge >= 0.3 is 5.97 Å². The zero-order valence-corrected chi connectivity index (χ0v) is 10.6. The Morgan fingerprint density at radius 3 is 2.78 bits per heavy atom. The molecule has 1 heterocycles. The van der Waals surface area contributed by atoms with E-state index >= 15 is 0 Å². The van der Waals surface area contributed by atoms with E-state index in [1.165, 1.54) is 17.1 Å². The first-order valence-electron chi connectivity index (χ1n) is 4.95. The van der Waals surface area contributed by atoms with Gasteiger partial charge in [0, 0.05) is 17.1 Å². The second-order valence-electron chi connectivity index (χ2n) is 3.45. The van der Waals surface area contributed by atoms with Crippen LogP contribution in [0.2, 0.25) is 0 Å². The smallest absolute Gasteiger partial charge is 0.371 e. The first-order valence-corrected chi connectivity index (χ1v) is 5.86. The highest BCUT2D eigenvalue weighted by molar-refractivity contribution is 9.11. The normalized spacial score (nSPS) is 10.9. The lowest BCUT2D eigenvalue weighted by molar-refractivity contribution is -0.111. The molecule has 6 heteroatoms. The number of furan rings is 1. The summed E-state index contributed by atoms with van der Waals surface area (Å²) in [4.78, 5) is 23.5. The van der Waals surface area contributed by atoms with Crippen molar-refractivity contribution in [1.82, 2.24) is 0 Å². The number of halogens is 1. The number of hydrogen-bond acceptors (Lipinski definition) is 3. The standard InChI is InChI=1S/C12H8BrNO4/c13-4-3-11(15)14-8-1-2-9-7(5-8)6-10(18-9)12(16)17/h1-6H,(H,14,15)(H,16,17). The van der Waals surface area contributed by atoms with Crippen LogP contribution in [0.15, 0.2) is 39.7 Å². The molecule has 1 aromatic heterocycles. The fourth-order valence-electron chi connectivity index (χ4n) is 1.47. The molecule has 2 aromatic rings. The number of amides is 1. The maximum Gasteiger partial charge on any atom is 0.371 e. The molecule has 0 atom stereocenters. The van der Waals surface area contributed by atoms with Gasteiger partial charge in [0.15, 0.2) is 0 Å². The van der Waals surface area contributed by atoms with Gasteiger partial charge in [-0.2, -0.15) is 0 Å². The first-order chi connectivity index (χ1) is 8.60. The Hall–Kier alpha value is -2.08. The van der Waals surface area contributed by atoms with Crippen LogP contribution in [0.5, 0.6) is 0 Å². The molecule has 0 aliphatic carbocycles. The Kier molecular flexibility index (Phi) is 3.47. The minimum Gasteiger partial charge on any atom is -0.475 e. The number of hydrogen-bond donors (Lipinski definition) is 2. The number of carboxylic acid groups (broad SMARTS) is 1. The zero-order valence-electron chi connectivity index (χ0n) is 9.01. The summed E-state index contributed by atoms with van der Waals surface area (Å²) in [5.74, 6) is -1.54. The van der Waals surface area contributed by atoms with Gasteiger partial charge in [0.2, 0.25) is 11.7 Å². The van der Waals surface area contributed by atoms with Crippen LogP contribution in [-0.4, -0.2) is 17.0 Å². The number of carboxylic acids is 1. The third kappa shape index (κ3) is 2.60. The third-order valence-electron chi connectivity index (χ3n) is 2.21. The van der Waals surface area contributed by atoms with Crippen LogP contribution in [0.25, 0.3) is 11.0 Å². The summed E-state index contributed by atoms with van der Waals surface area (Å²) in [6, 6.07) is 6.30.